The van der Waals surface area contributed by atoms with Gasteiger partial charge in [0, 0.05) is 14.1 Å². The third-order valence-corrected chi connectivity index (χ3v) is 3.82. The van der Waals surface area contributed by atoms with Crippen molar-refractivity contribution < 1.29 is 14.4 Å². The number of fused-ring (bicyclic) bond motifs is 1. The molecule has 0 saturated heterocycles. The summed E-state index contributed by atoms with van der Waals surface area (Å²) < 4.78 is 0. The lowest BCUT2D eigenvalue weighted by Crippen LogP contribution is -2.29. The van der Waals surface area contributed by atoms with Gasteiger partial charge in [0.1, 0.15) is 0 Å². The van der Waals surface area contributed by atoms with Crippen molar-refractivity contribution in [1.82, 2.24) is 4.90 Å². The number of carbonyl (C=O) groups is 3. The lowest BCUT2D eigenvalue weighted by Gasteiger charge is -2.16. The van der Waals surface area contributed by atoms with Crippen molar-refractivity contribution in [2.75, 3.05) is 19.0 Å². The Balaban J connectivity index is 1.93. The molecule has 23 heavy (non-hydrogen) atoms. The van der Waals surface area contributed by atoms with E-state index in [9.17, 15) is 14.4 Å². The number of imide groups is 1. The highest BCUT2D eigenvalue weighted by atomic mass is 16.2. The summed E-state index contributed by atoms with van der Waals surface area (Å²) in [5, 5.41) is 0. The van der Waals surface area contributed by atoms with Crippen LogP contribution in [0.15, 0.2) is 48.5 Å². The van der Waals surface area contributed by atoms with Crippen LogP contribution in [0.25, 0.3) is 0 Å². The third-order valence-electron chi connectivity index (χ3n) is 3.82. The van der Waals surface area contributed by atoms with Gasteiger partial charge in [0.05, 0.1) is 23.2 Å². The number of anilines is 1. The Labute approximate surface area is 134 Å². The van der Waals surface area contributed by atoms with Gasteiger partial charge in [-0.15, -0.1) is 0 Å². The van der Waals surface area contributed by atoms with Crippen molar-refractivity contribution in [3.63, 3.8) is 0 Å². The normalized spacial score (nSPS) is 13.2. The third kappa shape index (κ3) is 2.61. The Morgan fingerprint density at radius 2 is 1.57 bits per heavy atom. The van der Waals surface area contributed by atoms with Gasteiger partial charge in [0.15, 0.2) is 0 Å². The van der Waals surface area contributed by atoms with E-state index in [1.54, 1.807) is 56.6 Å². The van der Waals surface area contributed by atoms with Crippen LogP contribution >= 0.6 is 0 Å². The van der Waals surface area contributed by atoms with Crippen LogP contribution in [0.2, 0.25) is 0 Å². The number of nitrogens with zero attached hydrogens (tertiary/aromatic N) is 2. The second-order valence-electron chi connectivity index (χ2n) is 5.63. The van der Waals surface area contributed by atoms with Crippen LogP contribution in [0.4, 0.5) is 5.69 Å². The molecular weight excluding hydrogens is 292 g/mol. The molecule has 5 nitrogen and oxygen atoms in total. The van der Waals surface area contributed by atoms with Gasteiger partial charge < -0.3 is 4.90 Å². The number of carbonyl (C=O) groups excluding carboxylic acids is 3. The fraction of sp³-hybridized carbons (Fsp3) is 0.167. The van der Waals surface area contributed by atoms with Gasteiger partial charge in [-0.3, -0.25) is 14.4 Å². The molecule has 1 aliphatic heterocycles. The van der Waals surface area contributed by atoms with Crippen LogP contribution in [0.5, 0.6) is 0 Å². The molecule has 0 unspecified atom stereocenters. The summed E-state index contributed by atoms with van der Waals surface area (Å²) in [6, 6.07) is 13.7. The molecule has 3 amide bonds. The molecule has 0 radical (unpaired) electrons. The van der Waals surface area contributed by atoms with E-state index in [2.05, 4.69) is 0 Å². The second-order valence-corrected chi connectivity index (χ2v) is 5.63. The summed E-state index contributed by atoms with van der Waals surface area (Å²) in [4.78, 5) is 39.5. The van der Waals surface area contributed by atoms with E-state index in [4.69, 9.17) is 0 Å². The quantitative estimate of drug-likeness (QED) is 0.816. The number of hydrogen-bond acceptors (Lipinski definition) is 3. The SMILES string of the molecule is CN(C)C(=O)Cc1cccc(N2C(=O)c3ccccc3C2=O)c1. The molecule has 2 aromatic rings. The molecule has 0 fully saturated rings. The van der Waals surface area contributed by atoms with Crippen molar-refractivity contribution in [3.8, 4) is 0 Å². The van der Waals surface area contributed by atoms with Crippen LogP contribution in [0, 0.1) is 0 Å². The summed E-state index contributed by atoms with van der Waals surface area (Å²) in [7, 11) is 3.38. The van der Waals surface area contributed by atoms with E-state index in [0.717, 1.165) is 10.5 Å². The minimum absolute atomic E-state index is 0.0375. The standard InChI is InChI=1S/C18H16N2O3/c1-19(2)16(21)11-12-6-5-7-13(10-12)20-17(22)14-8-3-4-9-15(14)18(20)23/h3-10H,11H2,1-2H3. The highest BCUT2D eigenvalue weighted by Crippen LogP contribution is 2.28. The summed E-state index contributed by atoms with van der Waals surface area (Å²) in [6.45, 7) is 0. The minimum Gasteiger partial charge on any atom is -0.349 e. The topological polar surface area (TPSA) is 57.7 Å². The molecule has 116 valence electrons. The Kier molecular flexibility index (Phi) is 3.70. The van der Waals surface area contributed by atoms with Crippen LogP contribution in [-0.2, 0) is 11.2 Å². The molecule has 0 bridgehead atoms. The van der Waals surface area contributed by atoms with E-state index >= 15 is 0 Å². The molecule has 0 aromatic heterocycles. The van der Waals surface area contributed by atoms with Gasteiger partial charge in [-0.25, -0.2) is 4.90 Å². The maximum Gasteiger partial charge on any atom is 0.266 e. The molecule has 0 N–H and O–H groups in total. The van der Waals surface area contributed by atoms with Gasteiger partial charge in [0.2, 0.25) is 5.91 Å². The van der Waals surface area contributed by atoms with Crippen LogP contribution in [-0.4, -0.2) is 36.7 Å². The van der Waals surface area contributed by atoms with E-state index < -0.39 is 0 Å². The molecule has 3 rings (SSSR count). The van der Waals surface area contributed by atoms with Crippen molar-refractivity contribution in [2.24, 2.45) is 0 Å². The highest BCUT2D eigenvalue weighted by molar-refractivity contribution is 6.34. The maximum atomic E-state index is 12.5. The molecule has 1 heterocycles. The lowest BCUT2D eigenvalue weighted by molar-refractivity contribution is -0.127. The predicted octanol–water partition coefficient (Wildman–Crippen LogP) is 2.12. The van der Waals surface area contributed by atoms with Crippen molar-refractivity contribution in [2.45, 2.75) is 6.42 Å². The van der Waals surface area contributed by atoms with Crippen molar-refractivity contribution in [3.05, 3.63) is 65.2 Å². The summed E-state index contributed by atoms with van der Waals surface area (Å²) >= 11 is 0. The smallest absolute Gasteiger partial charge is 0.266 e. The molecule has 0 saturated carbocycles. The molecule has 0 aliphatic carbocycles. The zero-order valence-corrected chi connectivity index (χ0v) is 12.9. The van der Waals surface area contributed by atoms with E-state index in [0.29, 0.717) is 16.8 Å². The van der Waals surface area contributed by atoms with Gasteiger partial charge >= 0.3 is 0 Å². The molecule has 2 aromatic carbocycles. The zero-order chi connectivity index (χ0) is 16.6. The first-order valence-corrected chi connectivity index (χ1v) is 7.26. The number of likely N-dealkylation sites (N-methyl/N-ethyl adjacent to an activating group) is 1. The summed E-state index contributed by atoms with van der Waals surface area (Å²) in [5.74, 6) is -0.701. The average Bonchev–Trinajstić information content (AvgIpc) is 2.79. The molecule has 0 spiro atoms. The Hall–Kier alpha value is -2.95. The first-order chi connectivity index (χ1) is 11.0. The lowest BCUT2D eigenvalue weighted by atomic mass is 10.1. The molecule has 1 aliphatic rings. The van der Waals surface area contributed by atoms with Gasteiger partial charge in [-0.05, 0) is 29.8 Å². The number of hydrogen-bond donors (Lipinski definition) is 0. The summed E-state index contributed by atoms with van der Waals surface area (Å²) in [5.41, 5.74) is 2.07. The maximum absolute atomic E-state index is 12.5. The Bertz CT molecular complexity index is 776. The molecule has 0 atom stereocenters. The fourth-order valence-corrected chi connectivity index (χ4v) is 2.56. The Morgan fingerprint density at radius 1 is 0.957 bits per heavy atom. The fourth-order valence-electron chi connectivity index (χ4n) is 2.56. The van der Waals surface area contributed by atoms with Gasteiger partial charge in [-0.2, -0.15) is 0 Å². The van der Waals surface area contributed by atoms with Gasteiger partial charge in [0.25, 0.3) is 11.8 Å². The number of amides is 3. The van der Waals surface area contributed by atoms with Crippen molar-refractivity contribution in [1.29, 1.82) is 0 Å². The highest BCUT2D eigenvalue weighted by Gasteiger charge is 2.36. The zero-order valence-electron chi connectivity index (χ0n) is 12.9. The molecular formula is C18H16N2O3. The Morgan fingerprint density at radius 3 is 2.13 bits per heavy atom. The van der Waals surface area contributed by atoms with Gasteiger partial charge in [-0.1, -0.05) is 24.3 Å². The molecule has 5 heteroatoms. The first-order valence-electron chi connectivity index (χ1n) is 7.26. The average molecular weight is 308 g/mol. The summed E-state index contributed by atoms with van der Waals surface area (Å²) in [6.07, 6.45) is 0.226. The largest absolute Gasteiger partial charge is 0.349 e. The van der Waals surface area contributed by atoms with E-state index in [-0.39, 0.29) is 24.1 Å². The van der Waals surface area contributed by atoms with E-state index in [1.165, 1.54) is 4.90 Å². The van der Waals surface area contributed by atoms with Crippen molar-refractivity contribution >= 4 is 23.4 Å². The minimum atomic E-state index is -0.332. The second kappa shape index (κ2) is 5.68. The number of benzene rings is 2. The monoisotopic (exact) mass is 308 g/mol. The van der Waals surface area contributed by atoms with Crippen LogP contribution in [0.3, 0.4) is 0 Å². The first kappa shape index (κ1) is 15.0. The predicted molar refractivity (Wildman–Crippen MR) is 86.4 cm³/mol. The van der Waals surface area contributed by atoms with Crippen LogP contribution in [0.1, 0.15) is 26.3 Å². The van der Waals surface area contributed by atoms with Crippen LogP contribution < -0.4 is 4.90 Å². The number of rotatable bonds is 3. The van der Waals surface area contributed by atoms with E-state index in [1.807, 2.05) is 6.07 Å².